The predicted octanol–water partition coefficient (Wildman–Crippen LogP) is 3.27. The highest BCUT2D eigenvalue weighted by atomic mass is 16.6. The molecule has 0 saturated heterocycles. The van der Waals surface area contributed by atoms with E-state index in [-0.39, 0.29) is 22.8 Å². The summed E-state index contributed by atoms with van der Waals surface area (Å²) >= 11 is 0. The first-order valence-corrected chi connectivity index (χ1v) is 8.31. The maximum Gasteiger partial charge on any atom is 0.355 e. The van der Waals surface area contributed by atoms with E-state index in [2.05, 4.69) is 10.3 Å². The zero-order chi connectivity index (χ0) is 20.3. The number of anilines is 1. The highest BCUT2D eigenvalue weighted by Gasteiger charge is 2.22. The number of nitro benzene ring substituents is 1. The van der Waals surface area contributed by atoms with Gasteiger partial charge in [-0.3, -0.25) is 14.9 Å². The molecule has 0 aliphatic carbocycles. The van der Waals surface area contributed by atoms with E-state index in [1.807, 2.05) is 24.3 Å². The summed E-state index contributed by atoms with van der Waals surface area (Å²) in [5.41, 5.74) is 0.885. The summed E-state index contributed by atoms with van der Waals surface area (Å²) in [6.45, 7) is 1.40. The van der Waals surface area contributed by atoms with Crippen LogP contribution >= 0.6 is 0 Å². The molecule has 144 valence electrons. The lowest BCUT2D eigenvalue weighted by Gasteiger charge is -2.14. The summed E-state index contributed by atoms with van der Waals surface area (Å²) in [5.74, 6) is -1.10. The Kier molecular flexibility index (Phi) is 5.25. The molecule has 0 fully saturated rings. The number of H-pyrrole nitrogens is 1. The van der Waals surface area contributed by atoms with Crippen molar-refractivity contribution in [2.75, 3.05) is 12.4 Å². The number of hydrogen-bond donors (Lipinski definition) is 2. The van der Waals surface area contributed by atoms with E-state index in [4.69, 9.17) is 9.47 Å². The van der Waals surface area contributed by atoms with Gasteiger partial charge in [0.1, 0.15) is 11.4 Å². The Morgan fingerprint density at radius 2 is 1.93 bits per heavy atom. The lowest BCUT2D eigenvalue weighted by Crippen LogP contribution is -2.30. The molecule has 28 heavy (non-hydrogen) atoms. The molecule has 1 atom stereocenters. The van der Waals surface area contributed by atoms with Crippen LogP contribution in [0.25, 0.3) is 10.9 Å². The Morgan fingerprint density at radius 1 is 1.18 bits per heavy atom. The molecule has 9 nitrogen and oxygen atoms in total. The molecule has 9 heteroatoms. The van der Waals surface area contributed by atoms with Crippen molar-refractivity contribution in [1.82, 2.24) is 4.98 Å². The van der Waals surface area contributed by atoms with Crippen LogP contribution in [0.5, 0.6) is 5.75 Å². The quantitative estimate of drug-likeness (QED) is 0.382. The number of nitrogens with one attached hydrogen (secondary N) is 2. The molecule has 2 aromatic carbocycles. The Hall–Kier alpha value is -3.88. The topological polar surface area (TPSA) is 124 Å². The number of aromatic nitrogens is 1. The minimum atomic E-state index is -1.14. The highest BCUT2D eigenvalue weighted by Crippen LogP contribution is 2.29. The number of methoxy groups -OCH3 is 1. The van der Waals surface area contributed by atoms with Gasteiger partial charge < -0.3 is 19.8 Å². The van der Waals surface area contributed by atoms with Crippen LogP contribution in [0.4, 0.5) is 11.4 Å². The molecule has 1 amide bonds. The number of hydrogen-bond acceptors (Lipinski definition) is 6. The van der Waals surface area contributed by atoms with Crippen LogP contribution in [0, 0.1) is 10.1 Å². The zero-order valence-corrected chi connectivity index (χ0v) is 15.1. The van der Waals surface area contributed by atoms with Gasteiger partial charge in [-0.05, 0) is 25.1 Å². The monoisotopic (exact) mass is 383 g/mol. The second-order valence-electron chi connectivity index (χ2n) is 5.95. The van der Waals surface area contributed by atoms with Gasteiger partial charge in [-0.25, -0.2) is 4.79 Å². The molecule has 1 aromatic heterocycles. The van der Waals surface area contributed by atoms with Crippen LogP contribution in [0.1, 0.15) is 17.4 Å². The number of nitro groups is 1. The average Bonchev–Trinajstić information content (AvgIpc) is 3.12. The van der Waals surface area contributed by atoms with Crippen molar-refractivity contribution < 1.29 is 24.0 Å². The number of carbonyl (C=O) groups is 2. The Balaban J connectivity index is 1.71. The number of esters is 1. The molecule has 0 saturated carbocycles. The van der Waals surface area contributed by atoms with Gasteiger partial charge in [0.25, 0.3) is 11.6 Å². The number of aromatic amines is 1. The first-order chi connectivity index (χ1) is 13.4. The number of para-hydroxylation sites is 1. The molecule has 3 aromatic rings. The van der Waals surface area contributed by atoms with Crippen molar-refractivity contribution >= 4 is 34.2 Å². The fourth-order valence-electron chi connectivity index (χ4n) is 2.60. The molecule has 0 aliphatic rings. The van der Waals surface area contributed by atoms with Crippen LogP contribution in [-0.4, -0.2) is 35.0 Å². The largest absolute Gasteiger partial charge is 0.495 e. The highest BCUT2D eigenvalue weighted by molar-refractivity contribution is 5.99. The number of carbonyl (C=O) groups excluding carboxylic acids is 2. The summed E-state index contributed by atoms with van der Waals surface area (Å²) in [4.78, 5) is 37.9. The van der Waals surface area contributed by atoms with E-state index in [0.717, 1.165) is 10.9 Å². The van der Waals surface area contributed by atoms with Gasteiger partial charge >= 0.3 is 5.97 Å². The van der Waals surface area contributed by atoms with Gasteiger partial charge in [-0.15, -0.1) is 0 Å². The molecular formula is C19H17N3O6. The lowest BCUT2D eigenvalue weighted by atomic mass is 10.2. The number of fused-ring (bicyclic) bond motifs is 1. The van der Waals surface area contributed by atoms with Crippen molar-refractivity contribution in [3.63, 3.8) is 0 Å². The number of benzene rings is 2. The van der Waals surface area contributed by atoms with Crippen LogP contribution in [0.3, 0.4) is 0 Å². The summed E-state index contributed by atoms with van der Waals surface area (Å²) in [6, 6.07) is 12.8. The van der Waals surface area contributed by atoms with Crippen LogP contribution < -0.4 is 10.1 Å². The van der Waals surface area contributed by atoms with Crippen LogP contribution in [0.15, 0.2) is 48.5 Å². The van der Waals surface area contributed by atoms with E-state index in [0.29, 0.717) is 0 Å². The predicted molar refractivity (Wildman–Crippen MR) is 101 cm³/mol. The van der Waals surface area contributed by atoms with Crippen LogP contribution in [-0.2, 0) is 9.53 Å². The number of nitrogens with zero attached hydrogens (tertiary/aromatic N) is 1. The van der Waals surface area contributed by atoms with Gasteiger partial charge in [-0.2, -0.15) is 0 Å². The zero-order valence-electron chi connectivity index (χ0n) is 15.1. The van der Waals surface area contributed by atoms with Crippen molar-refractivity contribution in [2.24, 2.45) is 0 Å². The third kappa shape index (κ3) is 3.93. The smallest absolute Gasteiger partial charge is 0.355 e. The minimum Gasteiger partial charge on any atom is -0.495 e. The first-order valence-electron chi connectivity index (χ1n) is 8.31. The van der Waals surface area contributed by atoms with Crippen molar-refractivity contribution in [2.45, 2.75) is 13.0 Å². The third-order valence-electron chi connectivity index (χ3n) is 4.05. The van der Waals surface area contributed by atoms with Gasteiger partial charge in [0, 0.05) is 23.0 Å². The van der Waals surface area contributed by atoms with Crippen molar-refractivity contribution in [3.05, 3.63) is 64.3 Å². The van der Waals surface area contributed by atoms with Gasteiger partial charge in [0.2, 0.25) is 0 Å². The van der Waals surface area contributed by atoms with E-state index < -0.39 is 22.9 Å². The van der Waals surface area contributed by atoms with E-state index in [1.54, 1.807) is 6.07 Å². The maximum atomic E-state index is 12.4. The second-order valence-corrected chi connectivity index (χ2v) is 5.95. The minimum absolute atomic E-state index is 0.107. The maximum absolute atomic E-state index is 12.4. The lowest BCUT2D eigenvalue weighted by molar-refractivity contribution is -0.384. The van der Waals surface area contributed by atoms with Crippen LogP contribution in [0.2, 0.25) is 0 Å². The van der Waals surface area contributed by atoms with Gasteiger partial charge in [0.05, 0.1) is 17.7 Å². The molecular weight excluding hydrogens is 366 g/mol. The molecule has 0 unspecified atom stereocenters. The summed E-state index contributed by atoms with van der Waals surface area (Å²) in [7, 11) is 1.37. The van der Waals surface area contributed by atoms with Gasteiger partial charge in [-0.1, -0.05) is 18.2 Å². The Bertz CT molecular complexity index is 1030. The fourth-order valence-corrected chi connectivity index (χ4v) is 2.60. The standard InChI is InChI=1S/C19H17N3O6/c1-11(28-19(24)16-9-12-5-3-4-6-14(12)20-16)18(23)21-15-10-13(22(25)26)7-8-17(15)27-2/h3-11,20H,1-2H3,(H,21,23)/t11-/m1/s1. The molecule has 0 aliphatic heterocycles. The van der Waals surface area contributed by atoms with Gasteiger partial charge in [0.15, 0.2) is 6.10 Å². The number of rotatable bonds is 6. The normalized spacial score (nSPS) is 11.6. The summed E-state index contributed by atoms with van der Waals surface area (Å²) in [5, 5.41) is 14.3. The summed E-state index contributed by atoms with van der Waals surface area (Å²) in [6.07, 6.45) is -1.14. The van der Waals surface area contributed by atoms with Crippen molar-refractivity contribution in [3.8, 4) is 5.75 Å². The average molecular weight is 383 g/mol. The molecule has 3 rings (SSSR count). The molecule has 0 bridgehead atoms. The number of amides is 1. The Morgan fingerprint density at radius 3 is 2.61 bits per heavy atom. The Labute approximate surface area is 159 Å². The number of non-ortho nitro benzene ring substituents is 1. The molecule has 0 spiro atoms. The first kappa shape index (κ1) is 18.9. The molecule has 0 radical (unpaired) electrons. The second kappa shape index (κ2) is 7.78. The number of ether oxygens (including phenoxy) is 2. The molecule has 2 N–H and O–H groups in total. The third-order valence-corrected chi connectivity index (χ3v) is 4.05. The van der Waals surface area contributed by atoms with E-state index >= 15 is 0 Å². The van der Waals surface area contributed by atoms with E-state index in [1.165, 1.54) is 32.2 Å². The molecule has 1 heterocycles. The fraction of sp³-hybridized carbons (Fsp3) is 0.158. The summed E-state index contributed by atoms with van der Waals surface area (Å²) < 4.78 is 10.3. The van der Waals surface area contributed by atoms with Crippen molar-refractivity contribution in [1.29, 1.82) is 0 Å². The SMILES string of the molecule is COc1ccc([N+](=O)[O-])cc1NC(=O)[C@@H](C)OC(=O)c1cc2ccccc2[nH]1. The van der Waals surface area contributed by atoms with E-state index in [9.17, 15) is 19.7 Å².